The van der Waals surface area contributed by atoms with Gasteiger partial charge in [-0.05, 0) is 50.3 Å². The van der Waals surface area contributed by atoms with Gasteiger partial charge in [0.2, 0.25) is 0 Å². The standard InChI is InChI=1S/C27H36N4/c1-22-10-6-8-15-27(22,2)31-20-18-30(19-21-31)17-9-7-13-25-26(28)24(14-16-29-25)23-11-4-3-5-12-23/h3-6,8,10-12,14-16,22H,7,9,13,17-21,28H2,1-2H3. The lowest BCUT2D eigenvalue weighted by Crippen LogP contribution is -2.57. The Bertz CT molecular complexity index is 912. The molecule has 1 aliphatic heterocycles. The Morgan fingerprint density at radius 1 is 1.03 bits per heavy atom. The molecule has 4 nitrogen and oxygen atoms in total. The molecule has 164 valence electrons. The van der Waals surface area contributed by atoms with E-state index in [0.717, 1.165) is 68.1 Å². The van der Waals surface area contributed by atoms with Crippen molar-refractivity contribution in [3.63, 3.8) is 0 Å². The quantitative estimate of drug-likeness (QED) is 0.659. The molecule has 2 aliphatic rings. The molecule has 0 bridgehead atoms. The van der Waals surface area contributed by atoms with Crippen LogP contribution in [0, 0.1) is 5.92 Å². The Morgan fingerprint density at radius 2 is 1.81 bits per heavy atom. The Labute approximate surface area is 187 Å². The van der Waals surface area contributed by atoms with Gasteiger partial charge in [0.25, 0.3) is 0 Å². The highest BCUT2D eigenvalue weighted by atomic mass is 15.3. The van der Waals surface area contributed by atoms with E-state index in [1.807, 2.05) is 18.3 Å². The molecule has 0 radical (unpaired) electrons. The molecular weight excluding hydrogens is 380 g/mol. The highest BCUT2D eigenvalue weighted by Gasteiger charge is 2.36. The van der Waals surface area contributed by atoms with Gasteiger partial charge in [0.15, 0.2) is 0 Å². The molecule has 0 saturated carbocycles. The average Bonchev–Trinajstić information content (AvgIpc) is 2.81. The summed E-state index contributed by atoms with van der Waals surface area (Å²) >= 11 is 0. The predicted molar refractivity (Wildman–Crippen MR) is 131 cm³/mol. The van der Waals surface area contributed by atoms with Crippen LogP contribution in [0.15, 0.2) is 66.9 Å². The summed E-state index contributed by atoms with van der Waals surface area (Å²) in [5.74, 6) is 0.564. The molecule has 31 heavy (non-hydrogen) atoms. The zero-order chi connectivity index (χ0) is 21.7. The minimum Gasteiger partial charge on any atom is -0.397 e. The van der Waals surface area contributed by atoms with Crippen LogP contribution in [0.1, 0.15) is 32.4 Å². The second-order valence-electron chi connectivity index (χ2n) is 9.13. The summed E-state index contributed by atoms with van der Waals surface area (Å²) in [5.41, 5.74) is 10.7. The largest absolute Gasteiger partial charge is 0.397 e. The topological polar surface area (TPSA) is 45.4 Å². The number of hydrogen-bond acceptors (Lipinski definition) is 4. The van der Waals surface area contributed by atoms with Crippen LogP contribution in [0.4, 0.5) is 5.69 Å². The first-order valence-electron chi connectivity index (χ1n) is 11.7. The molecular formula is C27H36N4. The third kappa shape index (κ3) is 4.91. The smallest absolute Gasteiger partial charge is 0.0638 e. The van der Waals surface area contributed by atoms with Crippen molar-refractivity contribution in [2.45, 2.75) is 38.6 Å². The van der Waals surface area contributed by atoms with E-state index in [2.05, 4.69) is 77.2 Å². The zero-order valence-electron chi connectivity index (χ0n) is 19.0. The molecule has 1 aromatic carbocycles. The maximum atomic E-state index is 6.46. The van der Waals surface area contributed by atoms with E-state index in [-0.39, 0.29) is 5.54 Å². The highest BCUT2D eigenvalue weighted by Crippen LogP contribution is 2.31. The number of unbranched alkanes of at least 4 members (excludes halogenated alkanes) is 1. The van der Waals surface area contributed by atoms with Crippen LogP contribution in [0.5, 0.6) is 0 Å². The number of aryl methyl sites for hydroxylation is 1. The van der Waals surface area contributed by atoms with Crippen molar-refractivity contribution in [1.29, 1.82) is 0 Å². The van der Waals surface area contributed by atoms with E-state index >= 15 is 0 Å². The van der Waals surface area contributed by atoms with Gasteiger partial charge in [-0.25, -0.2) is 0 Å². The summed E-state index contributed by atoms with van der Waals surface area (Å²) in [7, 11) is 0. The molecule has 4 rings (SSSR count). The number of nitrogens with two attached hydrogens (primary N) is 1. The summed E-state index contributed by atoms with van der Waals surface area (Å²) < 4.78 is 0. The molecule has 2 N–H and O–H groups in total. The average molecular weight is 417 g/mol. The fourth-order valence-electron chi connectivity index (χ4n) is 4.89. The number of benzene rings is 1. The van der Waals surface area contributed by atoms with Gasteiger partial charge in [0.05, 0.1) is 11.4 Å². The summed E-state index contributed by atoms with van der Waals surface area (Å²) in [5, 5.41) is 0. The monoisotopic (exact) mass is 416 g/mol. The highest BCUT2D eigenvalue weighted by molar-refractivity contribution is 5.77. The Morgan fingerprint density at radius 3 is 2.55 bits per heavy atom. The number of nitrogens with zero attached hydrogens (tertiary/aromatic N) is 3. The van der Waals surface area contributed by atoms with Crippen molar-refractivity contribution < 1.29 is 0 Å². The first kappa shape index (κ1) is 21.8. The van der Waals surface area contributed by atoms with Crippen molar-refractivity contribution in [2.24, 2.45) is 5.92 Å². The van der Waals surface area contributed by atoms with Crippen molar-refractivity contribution in [3.05, 3.63) is 72.6 Å². The van der Waals surface area contributed by atoms with Crippen molar-refractivity contribution >= 4 is 5.69 Å². The number of nitrogen functional groups attached to an aromatic ring is 1. The Kier molecular flexibility index (Phi) is 6.89. The van der Waals surface area contributed by atoms with Gasteiger partial charge < -0.3 is 10.6 Å². The first-order chi connectivity index (χ1) is 15.1. The number of aromatic nitrogens is 1. The van der Waals surface area contributed by atoms with Crippen LogP contribution >= 0.6 is 0 Å². The van der Waals surface area contributed by atoms with Gasteiger partial charge in [-0.3, -0.25) is 9.88 Å². The molecule has 2 aromatic rings. The molecule has 0 amide bonds. The first-order valence-corrected chi connectivity index (χ1v) is 11.7. The molecule has 2 atom stereocenters. The Balaban J connectivity index is 1.24. The maximum Gasteiger partial charge on any atom is 0.0638 e. The van der Waals surface area contributed by atoms with Crippen LogP contribution in [0.25, 0.3) is 11.1 Å². The van der Waals surface area contributed by atoms with Gasteiger partial charge in [-0.2, -0.15) is 0 Å². The SMILES string of the molecule is CC1C=CC=CC1(C)N1CCN(CCCCc2nccc(-c3ccccc3)c2N)CC1. The molecule has 1 fully saturated rings. The van der Waals surface area contributed by atoms with Gasteiger partial charge in [0, 0.05) is 43.5 Å². The molecule has 0 spiro atoms. The van der Waals surface area contributed by atoms with Crippen LogP contribution < -0.4 is 5.73 Å². The van der Waals surface area contributed by atoms with E-state index < -0.39 is 0 Å². The van der Waals surface area contributed by atoms with Gasteiger partial charge in [0.1, 0.15) is 0 Å². The second kappa shape index (κ2) is 9.80. The summed E-state index contributed by atoms with van der Waals surface area (Å²) in [4.78, 5) is 9.84. The minimum atomic E-state index is 0.161. The number of rotatable bonds is 7. The molecule has 1 aliphatic carbocycles. The summed E-state index contributed by atoms with van der Waals surface area (Å²) in [6.45, 7) is 10.5. The second-order valence-corrected chi connectivity index (χ2v) is 9.13. The number of piperazine rings is 1. The van der Waals surface area contributed by atoms with E-state index in [9.17, 15) is 0 Å². The fraction of sp³-hybridized carbons (Fsp3) is 0.444. The van der Waals surface area contributed by atoms with Crippen molar-refractivity contribution in [2.75, 3.05) is 38.5 Å². The van der Waals surface area contributed by atoms with Crippen molar-refractivity contribution in [3.8, 4) is 11.1 Å². The predicted octanol–water partition coefficient (Wildman–Crippen LogP) is 4.79. The minimum absolute atomic E-state index is 0.161. The molecule has 4 heteroatoms. The van der Waals surface area contributed by atoms with E-state index in [0.29, 0.717) is 5.92 Å². The number of pyridine rings is 1. The van der Waals surface area contributed by atoms with Gasteiger partial charge in [-0.15, -0.1) is 0 Å². The van der Waals surface area contributed by atoms with E-state index in [1.54, 1.807) is 0 Å². The normalized spacial score (nSPS) is 24.5. The van der Waals surface area contributed by atoms with Crippen molar-refractivity contribution in [1.82, 2.24) is 14.8 Å². The molecule has 1 saturated heterocycles. The lowest BCUT2D eigenvalue weighted by molar-refractivity contribution is 0.0481. The molecule has 2 heterocycles. The molecule has 1 aromatic heterocycles. The number of hydrogen-bond donors (Lipinski definition) is 1. The summed E-state index contributed by atoms with van der Waals surface area (Å²) in [6, 6.07) is 12.4. The number of allylic oxidation sites excluding steroid dienone is 2. The lowest BCUT2D eigenvalue weighted by atomic mass is 9.81. The van der Waals surface area contributed by atoms with Crippen LogP contribution in [-0.4, -0.2) is 53.0 Å². The van der Waals surface area contributed by atoms with Crippen LogP contribution in [-0.2, 0) is 6.42 Å². The maximum absolute atomic E-state index is 6.46. The van der Waals surface area contributed by atoms with E-state index in [1.165, 1.54) is 6.42 Å². The van der Waals surface area contributed by atoms with Gasteiger partial charge >= 0.3 is 0 Å². The lowest BCUT2D eigenvalue weighted by Gasteiger charge is -2.47. The van der Waals surface area contributed by atoms with Crippen LogP contribution in [0.2, 0.25) is 0 Å². The Hall–Kier alpha value is -2.43. The van der Waals surface area contributed by atoms with E-state index in [4.69, 9.17) is 5.73 Å². The zero-order valence-corrected chi connectivity index (χ0v) is 19.0. The number of anilines is 1. The fourth-order valence-corrected chi connectivity index (χ4v) is 4.89. The van der Waals surface area contributed by atoms with Crippen LogP contribution in [0.3, 0.4) is 0 Å². The molecule has 2 unspecified atom stereocenters. The third-order valence-corrected chi connectivity index (χ3v) is 7.22. The van der Waals surface area contributed by atoms with Gasteiger partial charge in [-0.1, -0.05) is 61.6 Å². The summed E-state index contributed by atoms with van der Waals surface area (Å²) in [6.07, 6.45) is 14.2. The third-order valence-electron chi connectivity index (χ3n) is 7.22.